The fraction of sp³-hybridized carbons (Fsp3) is 0.150. The van der Waals surface area contributed by atoms with E-state index in [4.69, 9.17) is 0 Å². The van der Waals surface area contributed by atoms with E-state index in [-0.39, 0.29) is 11.9 Å². The smallest absolute Gasteiger partial charge is 0.261 e. The summed E-state index contributed by atoms with van der Waals surface area (Å²) in [7, 11) is 0. The Hall–Kier alpha value is -2.99. The van der Waals surface area contributed by atoms with Crippen LogP contribution >= 0.6 is 11.3 Å². The van der Waals surface area contributed by atoms with Gasteiger partial charge >= 0.3 is 0 Å². The number of rotatable bonds is 4. The first-order chi connectivity index (χ1) is 12.6. The lowest BCUT2D eigenvalue weighted by Gasteiger charge is -2.12. The molecule has 0 spiro atoms. The zero-order chi connectivity index (χ0) is 18.1. The number of nitrogens with one attached hydrogen (secondary N) is 1. The molecule has 4 rings (SSSR count). The number of hydrogen-bond donors (Lipinski definition) is 1. The highest BCUT2D eigenvalue weighted by Gasteiger charge is 2.18. The molecule has 6 heteroatoms. The quantitative estimate of drug-likeness (QED) is 0.589. The Kier molecular flexibility index (Phi) is 4.26. The number of thiophene rings is 1. The molecule has 0 saturated heterocycles. The van der Waals surface area contributed by atoms with E-state index >= 15 is 0 Å². The van der Waals surface area contributed by atoms with Crippen LogP contribution in [0.2, 0.25) is 0 Å². The summed E-state index contributed by atoms with van der Waals surface area (Å²) in [6.07, 6.45) is 3.50. The molecule has 0 radical (unpaired) electrons. The van der Waals surface area contributed by atoms with Crippen LogP contribution < -0.4 is 5.32 Å². The Morgan fingerprint density at radius 1 is 1.19 bits per heavy atom. The summed E-state index contributed by atoms with van der Waals surface area (Å²) in [5.74, 6) is -0.0819. The number of fused-ring (bicyclic) bond motifs is 1. The highest BCUT2D eigenvalue weighted by Crippen LogP contribution is 2.30. The van der Waals surface area contributed by atoms with Crippen molar-refractivity contribution in [1.29, 1.82) is 0 Å². The lowest BCUT2D eigenvalue weighted by atomic mass is 10.1. The van der Waals surface area contributed by atoms with Gasteiger partial charge in [0, 0.05) is 17.8 Å². The molecule has 5 nitrogen and oxygen atoms in total. The number of hydrogen-bond acceptors (Lipinski definition) is 4. The van der Waals surface area contributed by atoms with E-state index in [1.54, 1.807) is 12.4 Å². The van der Waals surface area contributed by atoms with Gasteiger partial charge in [0.05, 0.1) is 22.3 Å². The minimum absolute atomic E-state index is 0.0819. The number of benzene rings is 1. The molecule has 0 aliphatic carbocycles. The maximum absolute atomic E-state index is 12.7. The fourth-order valence-corrected chi connectivity index (χ4v) is 3.97. The maximum atomic E-state index is 12.7. The summed E-state index contributed by atoms with van der Waals surface area (Å²) in [5.41, 5.74) is 2.89. The average molecular weight is 362 g/mol. The molecule has 1 amide bonds. The molecule has 3 heterocycles. The Balaban J connectivity index is 1.64. The topological polar surface area (TPSA) is 59.8 Å². The Morgan fingerprint density at radius 3 is 2.73 bits per heavy atom. The number of carbonyl (C=O) groups excluding carboxylic acids is 1. The maximum Gasteiger partial charge on any atom is 0.261 e. The molecule has 130 valence electrons. The van der Waals surface area contributed by atoms with Crippen molar-refractivity contribution in [2.45, 2.75) is 19.9 Å². The van der Waals surface area contributed by atoms with Crippen molar-refractivity contribution in [3.63, 3.8) is 0 Å². The van der Waals surface area contributed by atoms with E-state index in [2.05, 4.69) is 15.4 Å². The van der Waals surface area contributed by atoms with Crippen molar-refractivity contribution < 1.29 is 4.79 Å². The van der Waals surface area contributed by atoms with Gasteiger partial charge in [-0.25, -0.2) is 4.68 Å². The van der Waals surface area contributed by atoms with Gasteiger partial charge in [-0.05, 0) is 43.7 Å². The summed E-state index contributed by atoms with van der Waals surface area (Å²) in [6, 6.07) is 15.6. The van der Waals surface area contributed by atoms with Crippen molar-refractivity contribution in [3.8, 4) is 5.69 Å². The van der Waals surface area contributed by atoms with E-state index in [1.807, 2.05) is 67.1 Å². The molecule has 0 aliphatic rings. The predicted molar refractivity (Wildman–Crippen MR) is 104 cm³/mol. The monoisotopic (exact) mass is 362 g/mol. The first kappa shape index (κ1) is 16.5. The Morgan fingerprint density at radius 2 is 2.00 bits per heavy atom. The van der Waals surface area contributed by atoms with Crippen LogP contribution in [0.15, 0.2) is 60.9 Å². The van der Waals surface area contributed by atoms with Crippen molar-refractivity contribution in [1.82, 2.24) is 20.1 Å². The van der Waals surface area contributed by atoms with Gasteiger partial charge < -0.3 is 5.32 Å². The second-order valence-electron chi connectivity index (χ2n) is 6.14. The molecular formula is C20H18N4OS. The lowest BCUT2D eigenvalue weighted by Crippen LogP contribution is -2.25. The van der Waals surface area contributed by atoms with Crippen LogP contribution in [0.25, 0.3) is 15.9 Å². The summed E-state index contributed by atoms with van der Waals surface area (Å²) < 4.78 is 1.90. The van der Waals surface area contributed by atoms with Gasteiger partial charge in [-0.3, -0.25) is 9.78 Å². The van der Waals surface area contributed by atoms with Gasteiger partial charge in [0.1, 0.15) is 4.83 Å². The molecule has 1 N–H and O–H groups in total. The van der Waals surface area contributed by atoms with Gasteiger partial charge in [-0.15, -0.1) is 11.3 Å². The molecule has 0 aliphatic heterocycles. The number of pyridine rings is 1. The lowest BCUT2D eigenvalue weighted by molar-refractivity contribution is 0.0944. The number of aromatic nitrogens is 3. The minimum atomic E-state index is -0.104. The van der Waals surface area contributed by atoms with E-state index in [0.29, 0.717) is 4.88 Å². The standard InChI is InChI=1S/C20H18N4OS/c1-13(15-7-6-10-21-12-15)22-19(25)18-11-17-14(2)23-24(20(17)26-18)16-8-4-3-5-9-16/h3-13H,1-2H3,(H,22,25)/t13-/m1/s1. The third-order valence-electron chi connectivity index (χ3n) is 4.30. The van der Waals surface area contributed by atoms with E-state index < -0.39 is 0 Å². The van der Waals surface area contributed by atoms with Crippen molar-refractivity contribution in [3.05, 3.63) is 77.1 Å². The summed E-state index contributed by atoms with van der Waals surface area (Å²) in [5, 5.41) is 8.67. The Bertz CT molecular complexity index is 1050. The zero-order valence-corrected chi connectivity index (χ0v) is 15.3. The van der Waals surface area contributed by atoms with Crippen LogP contribution in [0.1, 0.15) is 33.9 Å². The molecule has 1 aromatic carbocycles. The van der Waals surface area contributed by atoms with Crippen molar-refractivity contribution >= 4 is 27.5 Å². The van der Waals surface area contributed by atoms with Crippen molar-refractivity contribution in [2.75, 3.05) is 0 Å². The SMILES string of the molecule is Cc1nn(-c2ccccc2)c2sc(C(=O)N[C@H](C)c3cccnc3)cc12. The number of aryl methyl sites for hydroxylation is 1. The second kappa shape index (κ2) is 6.72. The molecule has 1 atom stereocenters. The van der Waals surface area contributed by atoms with E-state index in [1.165, 1.54) is 11.3 Å². The van der Waals surface area contributed by atoms with Gasteiger partial charge in [0.25, 0.3) is 5.91 Å². The third-order valence-corrected chi connectivity index (χ3v) is 5.41. The molecule has 0 fully saturated rings. The van der Waals surface area contributed by atoms with Crippen LogP contribution in [-0.4, -0.2) is 20.7 Å². The third kappa shape index (κ3) is 2.99. The first-order valence-electron chi connectivity index (χ1n) is 8.39. The average Bonchev–Trinajstić information content (AvgIpc) is 3.24. The molecule has 0 bridgehead atoms. The second-order valence-corrected chi connectivity index (χ2v) is 7.17. The fourth-order valence-electron chi connectivity index (χ4n) is 2.89. The first-order valence-corrected chi connectivity index (χ1v) is 9.20. The highest BCUT2D eigenvalue weighted by molar-refractivity contribution is 7.20. The van der Waals surface area contributed by atoms with Gasteiger partial charge in [-0.2, -0.15) is 5.10 Å². The van der Waals surface area contributed by atoms with Crippen molar-refractivity contribution in [2.24, 2.45) is 0 Å². The van der Waals surface area contributed by atoms with Gasteiger partial charge in [0.15, 0.2) is 0 Å². The number of carbonyl (C=O) groups is 1. The number of nitrogens with zero attached hydrogens (tertiary/aromatic N) is 3. The van der Waals surface area contributed by atoms with E-state index in [9.17, 15) is 4.79 Å². The van der Waals surface area contributed by atoms with Crippen LogP contribution in [0.5, 0.6) is 0 Å². The summed E-state index contributed by atoms with van der Waals surface area (Å²) >= 11 is 1.46. The van der Waals surface area contributed by atoms with Crippen LogP contribution in [-0.2, 0) is 0 Å². The minimum Gasteiger partial charge on any atom is -0.345 e. The van der Waals surface area contributed by atoms with Gasteiger partial charge in [0.2, 0.25) is 0 Å². The zero-order valence-electron chi connectivity index (χ0n) is 14.5. The van der Waals surface area contributed by atoms with Crippen LogP contribution in [0, 0.1) is 6.92 Å². The number of amides is 1. The van der Waals surface area contributed by atoms with Gasteiger partial charge in [-0.1, -0.05) is 24.3 Å². The normalized spacial score (nSPS) is 12.2. The molecule has 3 aromatic heterocycles. The molecule has 0 unspecified atom stereocenters. The predicted octanol–water partition coefficient (Wildman–Crippen LogP) is 4.28. The number of para-hydroxylation sites is 1. The van der Waals surface area contributed by atoms with Crippen LogP contribution in [0.3, 0.4) is 0 Å². The molecule has 26 heavy (non-hydrogen) atoms. The summed E-state index contributed by atoms with van der Waals surface area (Å²) in [4.78, 5) is 18.5. The molecular weight excluding hydrogens is 344 g/mol. The largest absolute Gasteiger partial charge is 0.345 e. The van der Waals surface area contributed by atoms with Crippen LogP contribution in [0.4, 0.5) is 0 Å². The molecule has 4 aromatic rings. The molecule has 0 saturated carbocycles. The Labute approximate surface area is 155 Å². The van der Waals surface area contributed by atoms with E-state index in [0.717, 1.165) is 27.2 Å². The summed E-state index contributed by atoms with van der Waals surface area (Å²) in [6.45, 7) is 3.92. The highest BCUT2D eigenvalue weighted by atomic mass is 32.1.